The number of aromatic carboxylic acids is 1. The lowest BCUT2D eigenvalue weighted by Gasteiger charge is -2.04. The van der Waals surface area contributed by atoms with Gasteiger partial charge in [-0.15, -0.1) is 0 Å². The van der Waals surface area contributed by atoms with Crippen molar-refractivity contribution in [3.05, 3.63) is 23.8 Å². The van der Waals surface area contributed by atoms with E-state index in [1.807, 2.05) is 0 Å². The fourth-order valence-corrected chi connectivity index (χ4v) is 0.904. The zero-order valence-corrected chi connectivity index (χ0v) is 7.26. The number of benzene rings is 1. The molecule has 6 heteroatoms. The number of ether oxygens (including phenoxy) is 1. The third kappa shape index (κ3) is 2.35. The topological polar surface area (TPSA) is 85.2 Å². The van der Waals surface area contributed by atoms with E-state index >= 15 is 0 Å². The summed E-state index contributed by atoms with van der Waals surface area (Å²) in [6, 6.07) is 3.86. The average molecular weight is 200 g/mol. The van der Waals surface area contributed by atoms with Gasteiger partial charge < -0.3 is 14.7 Å². The molecule has 0 fully saturated rings. The summed E-state index contributed by atoms with van der Waals surface area (Å²) in [4.78, 5) is 14.9. The van der Waals surface area contributed by atoms with Crippen LogP contribution < -0.4 is 9.62 Å². The van der Waals surface area contributed by atoms with Gasteiger partial charge >= 0.3 is 5.97 Å². The molecule has 0 amide bonds. The Morgan fingerprint density at radius 1 is 1.29 bits per heavy atom. The quantitative estimate of drug-likeness (QED) is 0.560. The first kappa shape index (κ1) is 10.3. The Kier molecular flexibility index (Phi) is 3.27. The third-order valence-electron chi connectivity index (χ3n) is 1.50. The minimum absolute atomic E-state index is 0.0311. The van der Waals surface area contributed by atoms with Crippen LogP contribution in [0.4, 0.5) is 0 Å². The second-order valence-corrected chi connectivity index (χ2v) is 2.36. The van der Waals surface area contributed by atoms with Crippen LogP contribution in [0.2, 0.25) is 0 Å². The smallest absolute Gasteiger partial charge is 0.335 e. The van der Waals surface area contributed by atoms with Crippen molar-refractivity contribution in [2.24, 2.45) is 0 Å². The molecule has 0 atom stereocenters. The van der Waals surface area contributed by atoms with Gasteiger partial charge in [0.25, 0.3) is 0 Å². The van der Waals surface area contributed by atoms with E-state index in [4.69, 9.17) is 15.1 Å². The Morgan fingerprint density at radius 2 is 1.93 bits per heavy atom. The van der Waals surface area contributed by atoms with Crippen molar-refractivity contribution in [1.82, 2.24) is 0 Å². The van der Waals surface area contributed by atoms with E-state index in [-0.39, 0.29) is 17.1 Å². The standard InChI is InChI=1S/C8H8O6/c1-12-6-2-5(8(9)10)3-7(4-6)13-14-11/h2-4,11H,1H3,(H,9,10). The van der Waals surface area contributed by atoms with Crippen molar-refractivity contribution < 1.29 is 29.8 Å². The van der Waals surface area contributed by atoms with Gasteiger partial charge in [0.1, 0.15) is 5.75 Å². The van der Waals surface area contributed by atoms with E-state index in [1.54, 1.807) is 0 Å². The SMILES string of the molecule is COc1cc(OOO)cc(C(=O)O)c1. The summed E-state index contributed by atoms with van der Waals surface area (Å²) in [7, 11) is 1.38. The molecule has 76 valence electrons. The van der Waals surface area contributed by atoms with Crippen molar-refractivity contribution in [2.75, 3.05) is 7.11 Å². The van der Waals surface area contributed by atoms with Gasteiger partial charge in [-0.05, 0) is 17.2 Å². The minimum Gasteiger partial charge on any atom is -0.497 e. The van der Waals surface area contributed by atoms with E-state index in [0.29, 0.717) is 0 Å². The maximum absolute atomic E-state index is 10.6. The zero-order valence-electron chi connectivity index (χ0n) is 7.26. The van der Waals surface area contributed by atoms with Crippen LogP contribution in [-0.2, 0) is 5.04 Å². The van der Waals surface area contributed by atoms with Gasteiger partial charge in [-0.1, -0.05) is 0 Å². The van der Waals surface area contributed by atoms with Crippen LogP contribution in [0, 0.1) is 0 Å². The predicted molar refractivity (Wildman–Crippen MR) is 44.3 cm³/mol. The van der Waals surface area contributed by atoms with E-state index in [1.165, 1.54) is 25.3 Å². The molecule has 0 heterocycles. The molecular weight excluding hydrogens is 192 g/mol. The van der Waals surface area contributed by atoms with E-state index in [0.717, 1.165) is 0 Å². The molecule has 1 rings (SSSR count). The summed E-state index contributed by atoms with van der Waals surface area (Å²) < 4.78 is 4.81. The molecule has 0 aliphatic carbocycles. The zero-order chi connectivity index (χ0) is 10.6. The van der Waals surface area contributed by atoms with Crippen LogP contribution in [0.25, 0.3) is 0 Å². The Morgan fingerprint density at radius 3 is 2.43 bits per heavy atom. The number of methoxy groups -OCH3 is 1. The molecule has 2 N–H and O–H groups in total. The first-order valence-corrected chi connectivity index (χ1v) is 3.58. The fraction of sp³-hybridized carbons (Fsp3) is 0.125. The Hall–Kier alpha value is -1.79. The van der Waals surface area contributed by atoms with Gasteiger partial charge in [-0.25, -0.2) is 10.1 Å². The normalized spacial score (nSPS) is 9.57. The molecule has 0 radical (unpaired) electrons. The van der Waals surface area contributed by atoms with Gasteiger partial charge in [0.05, 0.1) is 12.7 Å². The lowest BCUT2D eigenvalue weighted by Crippen LogP contribution is -1.99. The summed E-state index contributed by atoms with van der Waals surface area (Å²) in [5, 5.41) is 20.1. The van der Waals surface area contributed by atoms with Crippen LogP contribution in [0.1, 0.15) is 10.4 Å². The highest BCUT2D eigenvalue weighted by Gasteiger charge is 2.08. The monoisotopic (exact) mass is 200 g/mol. The Labute approximate surface area is 79.1 Å². The molecule has 0 aliphatic rings. The highest BCUT2D eigenvalue weighted by molar-refractivity contribution is 5.88. The molecule has 0 spiro atoms. The number of carboxylic acid groups (broad SMARTS) is 1. The van der Waals surface area contributed by atoms with E-state index in [2.05, 4.69) is 9.93 Å². The fourth-order valence-electron chi connectivity index (χ4n) is 0.904. The van der Waals surface area contributed by atoms with Gasteiger partial charge in [-0.2, -0.15) is 0 Å². The molecule has 0 saturated heterocycles. The van der Waals surface area contributed by atoms with Crippen LogP contribution in [0.5, 0.6) is 11.5 Å². The number of rotatable bonds is 4. The van der Waals surface area contributed by atoms with Gasteiger partial charge in [-0.3, -0.25) is 0 Å². The van der Waals surface area contributed by atoms with Crippen molar-refractivity contribution in [3.63, 3.8) is 0 Å². The van der Waals surface area contributed by atoms with Crippen molar-refractivity contribution in [1.29, 1.82) is 0 Å². The van der Waals surface area contributed by atoms with Crippen LogP contribution in [0.15, 0.2) is 18.2 Å². The molecule has 0 unspecified atom stereocenters. The summed E-state index contributed by atoms with van der Waals surface area (Å²) >= 11 is 0. The van der Waals surface area contributed by atoms with E-state index in [9.17, 15) is 4.79 Å². The van der Waals surface area contributed by atoms with Crippen molar-refractivity contribution >= 4 is 5.97 Å². The molecule has 6 nitrogen and oxygen atoms in total. The molecule has 1 aromatic carbocycles. The Balaban J connectivity index is 3.06. The highest BCUT2D eigenvalue weighted by Crippen LogP contribution is 2.22. The summed E-state index contributed by atoms with van der Waals surface area (Å²) in [6.45, 7) is 0. The summed E-state index contributed by atoms with van der Waals surface area (Å²) in [5.41, 5.74) is -0.0311. The average Bonchev–Trinajstić information content (AvgIpc) is 2.17. The number of hydrogen-bond acceptors (Lipinski definition) is 5. The van der Waals surface area contributed by atoms with Crippen LogP contribution in [0.3, 0.4) is 0 Å². The highest BCUT2D eigenvalue weighted by atomic mass is 17.5. The maximum atomic E-state index is 10.6. The molecule has 1 aromatic rings. The predicted octanol–water partition coefficient (Wildman–Crippen LogP) is 1.18. The lowest BCUT2D eigenvalue weighted by molar-refractivity contribution is -0.438. The van der Waals surface area contributed by atoms with Crippen LogP contribution in [-0.4, -0.2) is 23.4 Å². The second-order valence-electron chi connectivity index (χ2n) is 2.36. The van der Waals surface area contributed by atoms with Crippen LogP contribution >= 0.6 is 0 Å². The molecule has 0 aromatic heterocycles. The number of carbonyl (C=O) groups is 1. The first-order chi connectivity index (χ1) is 6.67. The van der Waals surface area contributed by atoms with Crippen molar-refractivity contribution in [2.45, 2.75) is 0 Å². The van der Waals surface area contributed by atoms with E-state index < -0.39 is 5.97 Å². The number of hydrogen-bond donors (Lipinski definition) is 2. The molecular formula is C8H8O6. The molecule has 0 saturated carbocycles. The minimum atomic E-state index is -1.13. The van der Waals surface area contributed by atoms with Gasteiger partial charge in [0, 0.05) is 6.07 Å². The van der Waals surface area contributed by atoms with Gasteiger partial charge in [0.2, 0.25) is 0 Å². The molecule has 0 bridgehead atoms. The first-order valence-electron chi connectivity index (χ1n) is 3.58. The summed E-state index contributed by atoms with van der Waals surface area (Å²) in [6.07, 6.45) is 0. The number of carboxylic acids is 1. The van der Waals surface area contributed by atoms with Crippen molar-refractivity contribution in [3.8, 4) is 11.5 Å². The lowest BCUT2D eigenvalue weighted by atomic mass is 10.2. The maximum Gasteiger partial charge on any atom is 0.335 e. The summed E-state index contributed by atoms with van der Waals surface area (Å²) in [5.74, 6) is -0.812. The Bertz CT molecular complexity index is 335. The second kappa shape index (κ2) is 4.45. The molecule has 0 aliphatic heterocycles. The largest absolute Gasteiger partial charge is 0.497 e. The van der Waals surface area contributed by atoms with Gasteiger partial charge in [0.15, 0.2) is 5.75 Å². The molecule has 14 heavy (non-hydrogen) atoms. The third-order valence-corrected chi connectivity index (χ3v) is 1.50.